The van der Waals surface area contributed by atoms with Crippen molar-refractivity contribution in [2.75, 3.05) is 0 Å². The van der Waals surface area contributed by atoms with E-state index in [1.165, 1.54) is 23.8 Å². The normalized spacial score (nSPS) is 16.0. The number of aromatic nitrogens is 5. The summed E-state index contributed by atoms with van der Waals surface area (Å²) in [6.45, 7) is 10.2. The van der Waals surface area contributed by atoms with Gasteiger partial charge in [-0.3, -0.25) is 13.7 Å². The van der Waals surface area contributed by atoms with Gasteiger partial charge in [0.05, 0.1) is 57.0 Å². The van der Waals surface area contributed by atoms with E-state index in [0.717, 1.165) is 95.7 Å². The van der Waals surface area contributed by atoms with Crippen LogP contribution in [0.5, 0.6) is 11.5 Å². The molecule has 1 aliphatic carbocycles. The Morgan fingerprint density at radius 1 is 0.500 bits per heavy atom. The predicted octanol–water partition coefficient (Wildman–Crippen LogP) is 22.0. The second-order valence-corrected chi connectivity index (χ2v) is 27.2. The van der Waals surface area contributed by atoms with Gasteiger partial charge >= 0.3 is 0 Å². The molecule has 0 fully saturated rings. The second kappa shape index (κ2) is 20.5. The lowest BCUT2D eigenvalue weighted by Crippen LogP contribution is -2.34. The molecule has 15 aromatic rings. The molecule has 1 aliphatic heterocycles. The molecule has 446 valence electrons. The van der Waals surface area contributed by atoms with Crippen LogP contribution in [0.25, 0.3) is 133 Å². The van der Waals surface area contributed by atoms with Crippen molar-refractivity contribution in [3.8, 4) is 90.0 Å². The maximum atomic E-state index is 9.62. The van der Waals surface area contributed by atoms with E-state index < -0.39 is 31.8 Å². The summed E-state index contributed by atoms with van der Waals surface area (Å²) in [5, 5.41) is 3.99. The summed E-state index contributed by atoms with van der Waals surface area (Å²) >= 11 is 0. The molecule has 0 saturated heterocycles. The van der Waals surface area contributed by atoms with Crippen molar-refractivity contribution in [3.63, 3.8) is 0 Å². The molecule has 6 heteroatoms. The second-order valence-electron chi connectivity index (χ2n) is 27.2. The van der Waals surface area contributed by atoms with E-state index in [1.807, 2.05) is 120 Å². The average molecular weight is 1200 g/mol. The fourth-order valence-corrected chi connectivity index (χ4v) is 14.9. The third kappa shape index (κ3) is 8.67. The molecule has 2 aliphatic rings. The standard InChI is InChI=1S/C86H71N5O/c1-53-23-21-24-54(2)81(53)57-44-71-69-51-73-72(85(6,7)40-41-86(73,8)9)50-68(69)62-29-13-14-30-63(62)70-43-56(55-25-11-10-12-26-55)45-78-82(70)89(83(71)79(46-57)90-74-34-18-15-31-64(74)65-32-16-19-35-75(65)90)52-88(78)59-27-22-28-60(48-59)92-61-37-38-67-66-33-17-20-36-76(66)91(77(67)49-61)80-47-58(39-42-87-80)84(3,4)5/h10-39,42-51H,40-41H2,1-9H3/i1D3,2D3,10D,11D,12D,25D,26D. The molecule has 6 nitrogen and oxygen atoms in total. The predicted molar refractivity (Wildman–Crippen MR) is 381 cm³/mol. The van der Waals surface area contributed by atoms with Crippen molar-refractivity contribution >= 4 is 54.6 Å². The number of ether oxygens (including phenoxy) is 1. The molecule has 5 heterocycles. The fourth-order valence-electron chi connectivity index (χ4n) is 14.9. The first-order valence-electron chi connectivity index (χ1n) is 37.1. The highest BCUT2D eigenvalue weighted by atomic mass is 16.5. The van der Waals surface area contributed by atoms with E-state index in [0.29, 0.717) is 61.8 Å². The van der Waals surface area contributed by atoms with Gasteiger partial charge in [0.2, 0.25) is 0 Å². The molecule has 0 unspecified atom stereocenters. The van der Waals surface area contributed by atoms with Crippen molar-refractivity contribution in [1.82, 2.24) is 18.7 Å². The van der Waals surface area contributed by atoms with E-state index in [4.69, 9.17) is 13.8 Å². The van der Waals surface area contributed by atoms with Crippen molar-refractivity contribution < 1.29 is 24.4 Å². The SMILES string of the molecule is [2H]c1c([2H])c([2H])c(-c2cc3c4c(c2)n(-c2cccc(Oc5ccc6c7ccccc7n(-c7cc(C(C)(C)C)ccn7)c6c5)c2)[c-][n+]4-c2c(cc(-c4c(C([2H])([2H])[2H])cccc4C([2H])([2H])[2H])cc2-n2c4ccccc4c4ccccc42)-c2cc4c(cc2-c2ccccc2-3)C(C)(C)CCC4(C)C)c([2H])c1[2H]. The summed E-state index contributed by atoms with van der Waals surface area (Å²) in [6.07, 6.45) is 7.63. The number of nitrogens with zero attached hydrogens (tertiary/aromatic N) is 5. The van der Waals surface area contributed by atoms with Gasteiger partial charge in [0.25, 0.3) is 6.33 Å². The van der Waals surface area contributed by atoms with Gasteiger partial charge in [0.15, 0.2) is 0 Å². The molecule has 0 saturated carbocycles. The summed E-state index contributed by atoms with van der Waals surface area (Å²) in [5.74, 6) is 1.83. The van der Waals surface area contributed by atoms with Gasteiger partial charge in [0, 0.05) is 42.0 Å². The van der Waals surface area contributed by atoms with Crippen LogP contribution in [-0.2, 0) is 16.2 Å². The molecular formula is C86H71N5O. The van der Waals surface area contributed by atoms with E-state index in [9.17, 15) is 11.0 Å². The van der Waals surface area contributed by atoms with Crippen LogP contribution >= 0.6 is 0 Å². The van der Waals surface area contributed by atoms with Crippen molar-refractivity contribution in [3.05, 3.63) is 277 Å². The number of hydrogen-bond donors (Lipinski definition) is 0. The molecule has 0 bridgehead atoms. The number of aryl methyl sites for hydroxylation is 2. The number of para-hydroxylation sites is 3. The van der Waals surface area contributed by atoms with Crippen LogP contribution in [0.1, 0.15) is 104 Å². The molecule has 0 spiro atoms. The Morgan fingerprint density at radius 2 is 1.09 bits per heavy atom. The zero-order valence-electron chi connectivity index (χ0n) is 63.3. The minimum Gasteiger partial charge on any atom is -0.458 e. The van der Waals surface area contributed by atoms with Gasteiger partial charge in [-0.15, -0.1) is 0 Å². The lowest BCUT2D eigenvalue weighted by Gasteiger charge is -2.42. The lowest BCUT2D eigenvalue weighted by molar-refractivity contribution is -0.571. The zero-order valence-corrected chi connectivity index (χ0v) is 52.3. The van der Waals surface area contributed by atoms with Gasteiger partial charge in [-0.05, 0) is 211 Å². The van der Waals surface area contributed by atoms with Crippen molar-refractivity contribution in [2.24, 2.45) is 0 Å². The first-order chi connectivity index (χ1) is 49.1. The average Bonchev–Trinajstić information content (AvgIpc) is 1.62. The van der Waals surface area contributed by atoms with Crippen LogP contribution in [-0.4, -0.2) is 18.7 Å². The molecule has 11 aromatic carbocycles. The highest BCUT2D eigenvalue weighted by Gasteiger charge is 2.39. The number of hydrogen-bond acceptors (Lipinski definition) is 2. The third-order valence-corrected chi connectivity index (χ3v) is 19.6. The smallest absolute Gasteiger partial charge is 0.269 e. The van der Waals surface area contributed by atoms with Crippen LogP contribution in [0.3, 0.4) is 0 Å². The minimum absolute atomic E-state index is 0.0125. The first kappa shape index (κ1) is 44.8. The van der Waals surface area contributed by atoms with Crippen LogP contribution in [0.15, 0.2) is 243 Å². The minimum atomic E-state index is -2.76. The summed E-state index contributed by atoms with van der Waals surface area (Å²) in [4.78, 5) is 4.94. The summed E-state index contributed by atoms with van der Waals surface area (Å²) in [6, 6.07) is 65.6. The number of fused-ring (bicyclic) bond motifs is 14. The molecule has 92 heavy (non-hydrogen) atoms. The molecular weight excluding hydrogens is 1120 g/mol. The number of pyridine rings is 1. The topological polar surface area (TPSA) is 40.8 Å². The molecule has 0 atom stereocenters. The monoisotopic (exact) mass is 1200 g/mol. The Kier molecular flexibility index (Phi) is 9.98. The van der Waals surface area contributed by atoms with Gasteiger partial charge < -0.3 is 9.30 Å². The molecule has 0 radical (unpaired) electrons. The van der Waals surface area contributed by atoms with Crippen molar-refractivity contribution in [2.45, 2.75) is 91.3 Å². The van der Waals surface area contributed by atoms with Crippen LogP contribution < -0.4 is 9.30 Å². The number of rotatable bonds is 7. The first-order valence-corrected chi connectivity index (χ1v) is 31.6. The number of benzene rings is 11. The number of imidazole rings is 1. The summed E-state index contributed by atoms with van der Waals surface area (Å²) < 4.78 is 117. The summed E-state index contributed by atoms with van der Waals surface area (Å²) in [5.41, 5.74) is 14.3. The lowest BCUT2D eigenvalue weighted by atomic mass is 9.62. The van der Waals surface area contributed by atoms with Gasteiger partial charge in [-0.2, -0.15) is 0 Å². The van der Waals surface area contributed by atoms with Crippen LogP contribution in [0, 0.1) is 20.0 Å². The van der Waals surface area contributed by atoms with Crippen molar-refractivity contribution in [1.29, 1.82) is 0 Å². The Balaban J connectivity index is 1.02. The van der Waals surface area contributed by atoms with Crippen LogP contribution in [0.4, 0.5) is 0 Å². The molecule has 0 N–H and O–H groups in total. The zero-order chi connectivity index (χ0) is 71.9. The van der Waals surface area contributed by atoms with E-state index in [2.05, 4.69) is 147 Å². The highest BCUT2D eigenvalue weighted by molar-refractivity contribution is 6.12. The van der Waals surface area contributed by atoms with E-state index >= 15 is 0 Å². The van der Waals surface area contributed by atoms with E-state index in [1.54, 1.807) is 0 Å². The van der Waals surface area contributed by atoms with Gasteiger partial charge in [-0.25, -0.2) is 4.98 Å². The quantitative estimate of drug-likeness (QED) is 0.118. The maximum absolute atomic E-state index is 9.62. The Morgan fingerprint density at radius 3 is 1.75 bits per heavy atom. The van der Waals surface area contributed by atoms with Gasteiger partial charge in [-0.1, -0.05) is 194 Å². The largest absolute Gasteiger partial charge is 0.458 e. The highest BCUT2D eigenvalue weighted by Crippen LogP contribution is 2.54. The van der Waals surface area contributed by atoms with Gasteiger partial charge in [0.1, 0.15) is 17.3 Å². The molecule has 0 amide bonds. The van der Waals surface area contributed by atoms with Crippen LogP contribution in [0.2, 0.25) is 0 Å². The molecule has 4 aromatic heterocycles. The fraction of sp³-hybridized carbons (Fsp3) is 0.163. The maximum Gasteiger partial charge on any atom is 0.269 e. The molecule has 17 rings (SSSR count). The Labute approximate surface area is 553 Å². The Hall–Kier alpha value is -10.6. The Bertz CT molecular complexity index is 6020. The van der Waals surface area contributed by atoms with E-state index in [-0.39, 0.29) is 50.6 Å². The summed E-state index contributed by atoms with van der Waals surface area (Å²) in [7, 11) is 0. The third-order valence-electron chi connectivity index (χ3n) is 19.6.